The van der Waals surface area contributed by atoms with Crippen LogP contribution < -0.4 is 5.73 Å². The van der Waals surface area contributed by atoms with E-state index in [1.165, 1.54) is 31.0 Å². The minimum Gasteiger partial charge on any atom is -0.394 e. The van der Waals surface area contributed by atoms with E-state index in [1.807, 2.05) is 6.92 Å². The van der Waals surface area contributed by atoms with E-state index in [4.69, 9.17) is 10.5 Å². The molecule has 3 amide bonds. The van der Waals surface area contributed by atoms with Gasteiger partial charge in [0.15, 0.2) is 0 Å². The molecule has 8 nitrogen and oxygen atoms in total. The van der Waals surface area contributed by atoms with Crippen molar-refractivity contribution in [1.29, 1.82) is 0 Å². The van der Waals surface area contributed by atoms with Gasteiger partial charge in [0, 0.05) is 34.0 Å². The fourth-order valence-corrected chi connectivity index (χ4v) is 2.30. The van der Waals surface area contributed by atoms with Crippen LogP contribution in [-0.2, 0) is 19.1 Å². The lowest BCUT2D eigenvalue weighted by atomic mass is 9.97. The normalized spacial score (nSPS) is 14.0. The maximum Gasteiger partial charge on any atom is 0.248 e. The van der Waals surface area contributed by atoms with Crippen LogP contribution in [0.15, 0.2) is 0 Å². The number of aliphatic hydroxyl groups excluding tert-OH is 1. The van der Waals surface area contributed by atoms with Crippen molar-refractivity contribution in [2.24, 2.45) is 5.73 Å². The van der Waals surface area contributed by atoms with Crippen LogP contribution in [0.1, 0.15) is 40.0 Å². The van der Waals surface area contributed by atoms with Crippen LogP contribution in [0, 0.1) is 0 Å². The van der Waals surface area contributed by atoms with E-state index >= 15 is 0 Å². The van der Waals surface area contributed by atoms with E-state index in [0.717, 1.165) is 0 Å². The SMILES string of the molecule is CCCC(=O)N(C)[C@H](CO)C(=O)N(C)[C@@H](CC(C)(C)OC)C(N)=O. The fraction of sp³-hybridized carbons (Fsp3) is 0.812. The monoisotopic (exact) mass is 345 g/mol. The second-order valence-corrected chi connectivity index (χ2v) is 6.49. The molecule has 140 valence electrons. The van der Waals surface area contributed by atoms with Crippen molar-refractivity contribution in [2.45, 2.75) is 57.7 Å². The highest BCUT2D eigenvalue weighted by Gasteiger charge is 2.36. The second kappa shape index (κ2) is 9.58. The number of ether oxygens (including phenoxy) is 1. The molecule has 3 N–H and O–H groups in total. The van der Waals surface area contributed by atoms with Crippen LogP contribution in [0.25, 0.3) is 0 Å². The third-order valence-electron chi connectivity index (χ3n) is 4.16. The number of nitrogens with two attached hydrogens (primary N) is 1. The van der Waals surface area contributed by atoms with Crippen molar-refractivity contribution in [3.8, 4) is 0 Å². The van der Waals surface area contributed by atoms with Crippen molar-refractivity contribution < 1.29 is 24.2 Å². The average Bonchev–Trinajstić information content (AvgIpc) is 2.52. The van der Waals surface area contributed by atoms with E-state index < -0.39 is 36.1 Å². The summed E-state index contributed by atoms with van der Waals surface area (Å²) >= 11 is 0. The molecule has 8 heteroatoms. The Balaban J connectivity index is 5.32. The molecule has 0 aromatic carbocycles. The smallest absolute Gasteiger partial charge is 0.248 e. The molecule has 0 aromatic rings. The Hall–Kier alpha value is -1.67. The van der Waals surface area contributed by atoms with Gasteiger partial charge in [-0.25, -0.2) is 0 Å². The zero-order valence-corrected chi connectivity index (χ0v) is 15.5. The van der Waals surface area contributed by atoms with Gasteiger partial charge in [0.2, 0.25) is 17.7 Å². The summed E-state index contributed by atoms with van der Waals surface area (Å²) in [6.45, 7) is 4.88. The van der Waals surface area contributed by atoms with Gasteiger partial charge in [0.1, 0.15) is 12.1 Å². The zero-order chi connectivity index (χ0) is 19.1. The molecule has 0 aliphatic carbocycles. The van der Waals surface area contributed by atoms with Gasteiger partial charge in [-0.2, -0.15) is 0 Å². The molecule has 0 spiro atoms. The van der Waals surface area contributed by atoms with Crippen molar-refractivity contribution in [3.05, 3.63) is 0 Å². The van der Waals surface area contributed by atoms with Gasteiger partial charge in [0.05, 0.1) is 12.2 Å². The number of methoxy groups -OCH3 is 1. The highest BCUT2D eigenvalue weighted by molar-refractivity contribution is 5.91. The first-order valence-corrected chi connectivity index (χ1v) is 8.00. The molecule has 0 saturated heterocycles. The molecule has 2 atom stereocenters. The summed E-state index contributed by atoms with van der Waals surface area (Å²) in [6.07, 6.45) is 1.11. The molecular formula is C16H31N3O5. The Labute approximate surface area is 143 Å². The summed E-state index contributed by atoms with van der Waals surface area (Å²) < 4.78 is 5.29. The van der Waals surface area contributed by atoms with Gasteiger partial charge < -0.3 is 25.4 Å². The molecular weight excluding hydrogens is 314 g/mol. The third-order valence-corrected chi connectivity index (χ3v) is 4.16. The number of nitrogens with zero attached hydrogens (tertiary/aromatic N) is 2. The lowest BCUT2D eigenvalue weighted by molar-refractivity contribution is -0.150. The second-order valence-electron chi connectivity index (χ2n) is 6.49. The van der Waals surface area contributed by atoms with Crippen LogP contribution in [0.5, 0.6) is 0 Å². The highest BCUT2D eigenvalue weighted by Crippen LogP contribution is 2.19. The highest BCUT2D eigenvalue weighted by atomic mass is 16.5. The lowest BCUT2D eigenvalue weighted by Crippen LogP contribution is -2.56. The van der Waals surface area contributed by atoms with Crippen molar-refractivity contribution in [2.75, 3.05) is 27.8 Å². The summed E-state index contributed by atoms with van der Waals surface area (Å²) in [5, 5.41) is 9.55. The Morgan fingerprint density at radius 1 is 1.17 bits per heavy atom. The van der Waals surface area contributed by atoms with Crippen LogP contribution >= 0.6 is 0 Å². The number of amides is 3. The van der Waals surface area contributed by atoms with Crippen molar-refractivity contribution in [1.82, 2.24) is 9.80 Å². The molecule has 0 heterocycles. The summed E-state index contributed by atoms with van der Waals surface area (Å²) in [5.41, 5.74) is 4.77. The number of likely N-dealkylation sites (N-methyl/N-ethyl adjacent to an activating group) is 2. The van der Waals surface area contributed by atoms with Crippen LogP contribution in [0.3, 0.4) is 0 Å². The number of aliphatic hydroxyl groups is 1. The summed E-state index contributed by atoms with van der Waals surface area (Å²) in [6, 6.07) is -1.96. The van der Waals surface area contributed by atoms with Crippen molar-refractivity contribution in [3.63, 3.8) is 0 Å². The topological polar surface area (TPSA) is 113 Å². The standard InChI is InChI=1S/C16H31N3O5/c1-7-8-13(21)18(4)12(10-20)15(23)19(5)11(14(17)22)9-16(2,3)24-6/h11-12,20H,7-10H2,1-6H3,(H2,17,22)/t11-,12+/m0/s1. The Morgan fingerprint density at radius 3 is 2.08 bits per heavy atom. The minimum atomic E-state index is -1.05. The molecule has 0 bridgehead atoms. The molecule has 0 aliphatic heterocycles. The number of carbonyl (C=O) groups excluding carboxylic acids is 3. The van der Waals surface area contributed by atoms with Crippen LogP contribution in [0.2, 0.25) is 0 Å². The Bertz CT molecular complexity index is 453. The number of carbonyl (C=O) groups is 3. The molecule has 0 aliphatic rings. The maximum atomic E-state index is 12.7. The zero-order valence-electron chi connectivity index (χ0n) is 15.5. The largest absolute Gasteiger partial charge is 0.394 e. The number of hydrogen-bond acceptors (Lipinski definition) is 5. The van der Waals surface area contributed by atoms with Crippen LogP contribution in [-0.4, -0.2) is 78.1 Å². The van der Waals surface area contributed by atoms with E-state index in [0.29, 0.717) is 6.42 Å². The summed E-state index contributed by atoms with van der Waals surface area (Å²) in [4.78, 5) is 38.8. The number of hydrogen-bond donors (Lipinski definition) is 2. The molecule has 0 fully saturated rings. The molecule has 0 unspecified atom stereocenters. The first-order valence-electron chi connectivity index (χ1n) is 8.00. The summed E-state index contributed by atoms with van der Waals surface area (Å²) in [7, 11) is 4.40. The lowest BCUT2D eigenvalue weighted by Gasteiger charge is -2.35. The minimum absolute atomic E-state index is 0.200. The molecule has 0 rings (SSSR count). The predicted octanol–water partition coefficient (Wildman–Crippen LogP) is -0.267. The number of rotatable bonds is 10. The quantitative estimate of drug-likeness (QED) is 0.566. The van der Waals surface area contributed by atoms with Gasteiger partial charge in [-0.3, -0.25) is 14.4 Å². The van der Waals surface area contributed by atoms with Crippen LogP contribution in [0.4, 0.5) is 0 Å². The Kier molecular flexibility index (Phi) is 8.92. The van der Waals surface area contributed by atoms with Gasteiger partial charge in [0.25, 0.3) is 0 Å². The predicted molar refractivity (Wildman–Crippen MR) is 90.0 cm³/mol. The Morgan fingerprint density at radius 2 is 1.71 bits per heavy atom. The number of primary amides is 1. The van der Waals surface area contributed by atoms with E-state index in [9.17, 15) is 19.5 Å². The van der Waals surface area contributed by atoms with E-state index in [1.54, 1.807) is 13.8 Å². The van der Waals surface area contributed by atoms with E-state index in [-0.39, 0.29) is 18.7 Å². The fourth-order valence-electron chi connectivity index (χ4n) is 2.30. The third kappa shape index (κ3) is 6.09. The molecule has 0 aromatic heterocycles. The first-order chi connectivity index (χ1) is 11.0. The van der Waals surface area contributed by atoms with Gasteiger partial charge in [-0.15, -0.1) is 0 Å². The van der Waals surface area contributed by atoms with Gasteiger partial charge >= 0.3 is 0 Å². The summed E-state index contributed by atoms with van der Waals surface area (Å²) in [5.74, 6) is -1.46. The van der Waals surface area contributed by atoms with E-state index in [2.05, 4.69) is 0 Å². The maximum absolute atomic E-state index is 12.7. The molecule has 0 radical (unpaired) electrons. The average molecular weight is 345 g/mol. The van der Waals surface area contributed by atoms with Crippen molar-refractivity contribution >= 4 is 17.7 Å². The molecule has 0 saturated carbocycles. The van der Waals surface area contributed by atoms with Gasteiger partial charge in [-0.1, -0.05) is 6.92 Å². The first kappa shape index (κ1) is 22.3. The van der Waals surface area contributed by atoms with Gasteiger partial charge in [-0.05, 0) is 20.3 Å². The molecule has 24 heavy (non-hydrogen) atoms.